The quantitative estimate of drug-likeness (QED) is 0.376. The lowest BCUT2D eigenvalue weighted by molar-refractivity contribution is 0.0917. The number of hydrogen-bond donors (Lipinski definition) is 2. The van der Waals surface area contributed by atoms with Gasteiger partial charge in [0.1, 0.15) is 11.3 Å². The van der Waals surface area contributed by atoms with Gasteiger partial charge in [-0.1, -0.05) is 42.5 Å². The van der Waals surface area contributed by atoms with E-state index in [1.807, 2.05) is 60.3 Å². The van der Waals surface area contributed by atoms with Crippen LogP contribution in [0.25, 0.3) is 22.2 Å². The zero-order chi connectivity index (χ0) is 24.4. The third kappa shape index (κ3) is 4.56. The normalized spacial score (nSPS) is 12.1. The van der Waals surface area contributed by atoms with E-state index in [1.54, 1.807) is 35.4 Å². The van der Waals surface area contributed by atoms with E-state index >= 15 is 4.39 Å². The summed E-state index contributed by atoms with van der Waals surface area (Å²) in [6, 6.07) is 17.5. The minimum Gasteiger partial charge on any atom is -0.394 e. The first-order chi connectivity index (χ1) is 17.0. The lowest BCUT2D eigenvalue weighted by atomic mass is 10.1. The van der Waals surface area contributed by atoms with E-state index in [9.17, 15) is 9.90 Å². The number of hydrogen-bond acceptors (Lipinski definition) is 4. The first-order valence-electron chi connectivity index (χ1n) is 11.2. The molecule has 2 N–H and O–H groups in total. The van der Waals surface area contributed by atoms with Gasteiger partial charge in [0, 0.05) is 36.8 Å². The molecule has 0 aliphatic carbocycles. The molecule has 0 aliphatic rings. The summed E-state index contributed by atoms with van der Waals surface area (Å²) in [6.07, 6.45) is 6.83. The highest BCUT2D eigenvalue weighted by molar-refractivity contribution is 6.05. The second kappa shape index (κ2) is 9.52. The maximum atomic E-state index is 15.0. The summed E-state index contributed by atoms with van der Waals surface area (Å²) < 4.78 is 18.5. The van der Waals surface area contributed by atoms with Crippen LogP contribution in [0.5, 0.6) is 0 Å². The molecular formula is C27H24FN5O2. The van der Waals surface area contributed by atoms with E-state index < -0.39 is 6.04 Å². The first kappa shape index (κ1) is 22.5. The Kier molecular flexibility index (Phi) is 6.12. The average molecular weight is 470 g/mol. The van der Waals surface area contributed by atoms with E-state index in [0.29, 0.717) is 22.2 Å². The number of carbonyl (C=O) groups excluding carboxylic acids is 1. The van der Waals surface area contributed by atoms with Crippen LogP contribution >= 0.6 is 0 Å². The molecule has 0 saturated carbocycles. The van der Waals surface area contributed by atoms with Gasteiger partial charge in [0.25, 0.3) is 5.91 Å². The molecule has 7 nitrogen and oxygen atoms in total. The van der Waals surface area contributed by atoms with E-state index in [-0.39, 0.29) is 24.9 Å². The molecule has 2 aromatic carbocycles. The number of aryl methyl sites for hydroxylation is 1. The molecule has 0 unspecified atom stereocenters. The van der Waals surface area contributed by atoms with Crippen LogP contribution < -0.4 is 5.32 Å². The van der Waals surface area contributed by atoms with Crippen LogP contribution in [0.2, 0.25) is 0 Å². The lowest BCUT2D eigenvalue weighted by Gasteiger charge is -2.16. The average Bonchev–Trinajstić information content (AvgIpc) is 3.48. The number of benzene rings is 2. The topological polar surface area (TPSA) is 85.0 Å². The van der Waals surface area contributed by atoms with Gasteiger partial charge in [0.05, 0.1) is 36.5 Å². The molecule has 8 heteroatoms. The molecular weight excluding hydrogens is 445 g/mol. The fourth-order valence-electron chi connectivity index (χ4n) is 4.18. The van der Waals surface area contributed by atoms with Crippen molar-refractivity contribution < 1.29 is 14.3 Å². The fourth-order valence-corrected chi connectivity index (χ4v) is 4.18. The minimum absolute atomic E-state index is 0.233. The van der Waals surface area contributed by atoms with Gasteiger partial charge in [-0.3, -0.25) is 14.5 Å². The molecule has 0 radical (unpaired) electrons. The summed E-state index contributed by atoms with van der Waals surface area (Å²) >= 11 is 0. The monoisotopic (exact) mass is 469 g/mol. The van der Waals surface area contributed by atoms with Crippen LogP contribution in [0.1, 0.15) is 27.5 Å². The summed E-state index contributed by atoms with van der Waals surface area (Å²) in [4.78, 5) is 17.6. The highest BCUT2D eigenvalue weighted by Gasteiger charge is 2.20. The van der Waals surface area contributed by atoms with E-state index in [2.05, 4.69) is 15.4 Å². The third-order valence-electron chi connectivity index (χ3n) is 6.00. The van der Waals surface area contributed by atoms with Crippen LogP contribution in [0.3, 0.4) is 0 Å². The number of carbonyl (C=O) groups is 1. The number of aliphatic hydroxyl groups is 1. The Labute approximate surface area is 201 Å². The summed E-state index contributed by atoms with van der Waals surface area (Å²) in [6.45, 7) is -0.00689. The molecule has 35 heavy (non-hydrogen) atoms. The lowest BCUT2D eigenvalue weighted by Crippen LogP contribution is -2.30. The molecule has 0 bridgehead atoms. The van der Waals surface area contributed by atoms with Crippen molar-refractivity contribution in [2.45, 2.75) is 12.6 Å². The standard InChI is InChI=1S/C27H24FN5O2/c1-32-14-21(13-30-32)19-9-10-20(23(28)12-19)15-33-16-22(26-25(33)8-5-11-29-26)27(35)31-24(17-34)18-6-3-2-4-7-18/h2-14,16,24,34H,15,17H2,1H3,(H,31,35)/t24-/m1/s1. The summed E-state index contributed by atoms with van der Waals surface area (Å²) in [7, 11) is 1.82. The predicted molar refractivity (Wildman–Crippen MR) is 131 cm³/mol. The van der Waals surface area contributed by atoms with Crippen molar-refractivity contribution in [2.75, 3.05) is 6.61 Å². The Morgan fingerprint density at radius 2 is 1.91 bits per heavy atom. The van der Waals surface area contributed by atoms with Crippen molar-refractivity contribution in [3.8, 4) is 11.1 Å². The molecule has 5 rings (SSSR count). The number of aromatic nitrogens is 4. The predicted octanol–water partition coefficient (Wildman–Crippen LogP) is 4.09. The molecule has 1 atom stereocenters. The largest absolute Gasteiger partial charge is 0.394 e. The zero-order valence-corrected chi connectivity index (χ0v) is 19.1. The maximum Gasteiger partial charge on any atom is 0.255 e. The number of rotatable bonds is 7. The highest BCUT2D eigenvalue weighted by atomic mass is 19.1. The van der Waals surface area contributed by atoms with E-state index in [0.717, 1.165) is 16.7 Å². The Morgan fingerprint density at radius 3 is 2.63 bits per heavy atom. The van der Waals surface area contributed by atoms with Crippen molar-refractivity contribution in [2.24, 2.45) is 7.05 Å². The molecule has 176 valence electrons. The van der Waals surface area contributed by atoms with Crippen LogP contribution in [0.15, 0.2) is 85.5 Å². The maximum absolute atomic E-state index is 15.0. The van der Waals surface area contributed by atoms with Gasteiger partial charge in [-0.15, -0.1) is 0 Å². The Morgan fingerprint density at radius 1 is 1.09 bits per heavy atom. The number of nitrogens with one attached hydrogen (secondary N) is 1. The SMILES string of the molecule is Cn1cc(-c2ccc(Cn3cc(C(=O)N[C@H](CO)c4ccccc4)c4ncccc43)c(F)c2)cn1. The number of amides is 1. The van der Waals surface area contributed by atoms with Crippen molar-refractivity contribution >= 4 is 16.9 Å². The first-order valence-corrected chi connectivity index (χ1v) is 11.2. The molecule has 1 amide bonds. The second-order valence-corrected chi connectivity index (χ2v) is 8.37. The van der Waals surface area contributed by atoms with Crippen molar-refractivity contribution in [1.82, 2.24) is 24.6 Å². The summed E-state index contributed by atoms with van der Waals surface area (Å²) in [5, 5.41) is 16.9. The van der Waals surface area contributed by atoms with Crippen LogP contribution in [0.4, 0.5) is 4.39 Å². The van der Waals surface area contributed by atoms with Gasteiger partial charge in [0.15, 0.2) is 0 Å². The summed E-state index contributed by atoms with van der Waals surface area (Å²) in [5.74, 6) is -0.699. The highest BCUT2D eigenvalue weighted by Crippen LogP contribution is 2.25. The molecule has 3 heterocycles. The number of fused-ring (bicyclic) bond motifs is 1. The van der Waals surface area contributed by atoms with Crippen molar-refractivity contribution in [3.05, 3.63) is 108 Å². The second-order valence-electron chi connectivity index (χ2n) is 8.37. The van der Waals surface area contributed by atoms with E-state index in [4.69, 9.17) is 0 Å². The van der Waals surface area contributed by atoms with E-state index in [1.165, 1.54) is 6.07 Å². The number of halogens is 1. The van der Waals surface area contributed by atoms with Crippen LogP contribution in [-0.4, -0.2) is 37.0 Å². The van der Waals surface area contributed by atoms with Crippen molar-refractivity contribution in [3.63, 3.8) is 0 Å². The van der Waals surface area contributed by atoms with Gasteiger partial charge in [0.2, 0.25) is 0 Å². The smallest absolute Gasteiger partial charge is 0.255 e. The van der Waals surface area contributed by atoms with Crippen LogP contribution in [0, 0.1) is 5.82 Å². The Bertz CT molecular complexity index is 1490. The molecule has 5 aromatic rings. The third-order valence-corrected chi connectivity index (χ3v) is 6.00. The molecule has 0 fully saturated rings. The molecule has 0 saturated heterocycles. The van der Waals surface area contributed by atoms with Gasteiger partial charge in [-0.25, -0.2) is 4.39 Å². The number of aliphatic hydroxyl groups excluding tert-OH is 1. The Hall–Kier alpha value is -4.30. The zero-order valence-electron chi connectivity index (χ0n) is 19.1. The molecule has 0 aliphatic heterocycles. The summed E-state index contributed by atoms with van der Waals surface area (Å²) in [5.41, 5.74) is 4.47. The van der Waals surface area contributed by atoms with Gasteiger partial charge >= 0.3 is 0 Å². The fraction of sp³-hybridized carbons (Fsp3) is 0.148. The van der Waals surface area contributed by atoms with Crippen LogP contribution in [-0.2, 0) is 13.6 Å². The van der Waals surface area contributed by atoms with Gasteiger partial charge in [-0.2, -0.15) is 5.10 Å². The van der Waals surface area contributed by atoms with Crippen molar-refractivity contribution in [1.29, 1.82) is 0 Å². The number of nitrogens with zero attached hydrogens (tertiary/aromatic N) is 4. The van der Waals surface area contributed by atoms with Gasteiger partial charge in [-0.05, 0) is 29.3 Å². The molecule has 0 spiro atoms. The van der Waals surface area contributed by atoms with Gasteiger partial charge < -0.3 is 15.0 Å². The number of pyridine rings is 1. The Balaban J connectivity index is 1.44. The molecule has 3 aromatic heterocycles. The minimum atomic E-state index is -0.553.